The van der Waals surface area contributed by atoms with Crippen LogP contribution in [0.1, 0.15) is 55.5 Å². The molecule has 3 aromatic heterocycles. The third-order valence-electron chi connectivity index (χ3n) is 6.64. The Kier molecular flexibility index (Phi) is 8.22. The zero-order valence-corrected chi connectivity index (χ0v) is 23.4. The molecule has 4 aromatic rings. The number of nitrogens with one attached hydrogen (secondary N) is 2. The number of ketones is 1. The van der Waals surface area contributed by atoms with Crippen LogP contribution in [-0.4, -0.2) is 49.5 Å². The minimum absolute atomic E-state index is 0.213. The first kappa shape index (κ1) is 28.3. The van der Waals surface area contributed by atoms with E-state index in [1.807, 2.05) is 51.1 Å². The summed E-state index contributed by atoms with van der Waals surface area (Å²) in [5.74, 6) is -1.01. The minimum atomic E-state index is -0.960. The first-order chi connectivity index (χ1) is 19.0. The first-order valence-electron chi connectivity index (χ1n) is 13.0. The number of carbonyl (C=O) groups is 2. The van der Waals surface area contributed by atoms with Gasteiger partial charge < -0.3 is 15.1 Å². The number of aromatic nitrogens is 5. The van der Waals surface area contributed by atoms with Gasteiger partial charge in [-0.05, 0) is 38.3 Å². The summed E-state index contributed by atoms with van der Waals surface area (Å²) in [4.78, 5) is 48.6. The Bertz CT molecular complexity index is 1560. The molecule has 11 nitrogen and oxygen atoms in total. The van der Waals surface area contributed by atoms with Crippen LogP contribution in [0.2, 0.25) is 0 Å². The highest BCUT2D eigenvalue weighted by atomic mass is 16.4. The maximum atomic E-state index is 13.4. The average molecular weight is 544 g/mol. The standard InChI is InChI=1S/C29H33N7O4/c1-17(2)23(24(38)26-34-35-28(40-26)29(4,5)21-13-12-18(3)14-31-21)33-22(37)16-36-25(19-10-8-7-9-11-19)32-15-20(30-6)27(36)39/h7-15,17,23,30H,16H2,1-6H3,(H,33,37). The summed E-state index contributed by atoms with van der Waals surface area (Å²) in [7, 11) is 1.60. The van der Waals surface area contributed by atoms with E-state index in [9.17, 15) is 14.4 Å². The number of pyridine rings is 1. The van der Waals surface area contributed by atoms with E-state index in [2.05, 4.69) is 30.8 Å². The van der Waals surface area contributed by atoms with Crippen molar-refractivity contribution >= 4 is 17.4 Å². The molecular formula is C29H33N7O4. The number of hydrogen-bond donors (Lipinski definition) is 2. The monoisotopic (exact) mass is 543 g/mol. The van der Waals surface area contributed by atoms with Gasteiger partial charge in [0.1, 0.15) is 18.1 Å². The molecular weight excluding hydrogens is 510 g/mol. The molecule has 0 spiro atoms. The van der Waals surface area contributed by atoms with Crippen molar-refractivity contribution in [2.75, 3.05) is 12.4 Å². The molecule has 1 aromatic carbocycles. The van der Waals surface area contributed by atoms with Crippen molar-refractivity contribution in [3.05, 3.63) is 88.3 Å². The molecule has 0 bridgehead atoms. The van der Waals surface area contributed by atoms with Crippen molar-refractivity contribution < 1.29 is 14.0 Å². The van der Waals surface area contributed by atoms with Crippen molar-refractivity contribution in [2.24, 2.45) is 5.92 Å². The van der Waals surface area contributed by atoms with Crippen LogP contribution in [0.15, 0.2) is 64.1 Å². The van der Waals surface area contributed by atoms with Crippen molar-refractivity contribution in [1.29, 1.82) is 0 Å². The highest BCUT2D eigenvalue weighted by Gasteiger charge is 2.35. The lowest BCUT2D eigenvalue weighted by Gasteiger charge is -2.21. The van der Waals surface area contributed by atoms with Gasteiger partial charge in [0.15, 0.2) is 0 Å². The SMILES string of the molecule is CNc1cnc(-c2ccccc2)n(CC(=O)NC(C(=O)c2nnc(C(C)(C)c3ccc(C)cn3)o2)C(C)C)c1=O. The van der Waals surface area contributed by atoms with E-state index in [0.717, 1.165) is 5.56 Å². The third-order valence-corrected chi connectivity index (χ3v) is 6.64. The number of Topliss-reactive ketones (excluding diaryl/α,β-unsaturated/α-hetero) is 1. The molecule has 2 N–H and O–H groups in total. The van der Waals surface area contributed by atoms with Gasteiger partial charge in [0.05, 0.1) is 23.3 Å². The van der Waals surface area contributed by atoms with E-state index in [-0.39, 0.29) is 29.9 Å². The van der Waals surface area contributed by atoms with Gasteiger partial charge in [-0.1, -0.05) is 50.2 Å². The minimum Gasteiger partial charge on any atom is -0.417 e. The highest BCUT2D eigenvalue weighted by molar-refractivity contribution is 5.98. The summed E-state index contributed by atoms with van der Waals surface area (Å²) >= 11 is 0. The quantitative estimate of drug-likeness (QED) is 0.288. The number of rotatable bonds is 10. The highest BCUT2D eigenvalue weighted by Crippen LogP contribution is 2.29. The van der Waals surface area contributed by atoms with E-state index in [0.29, 0.717) is 17.1 Å². The maximum Gasteiger partial charge on any atom is 0.286 e. The molecule has 3 heterocycles. The Morgan fingerprint density at radius 3 is 2.38 bits per heavy atom. The lowest BCUT2D eigenvalue weighted by molar-refractivity contribution is -0.122. The topological polar surface area (TPSA) is 145 Å². The molecule has 0 aliphatic heterocycles. The van der Waals surface area contributed by atoms with Crippen molar-refractivity contribution in [3.63, 3.8) is 0 Å². The van der Waals surface area contributed by atoms with Crippen LogP contribution in [0.5, 0.6) is 0 Å². The molecule has 0 fully saturated rings. The zero-order valence-electron chi connectivity index (χ0n) is 23.4. The molecule has 0 radical (unpaired) electrons. The van der Waals surface area contributed by atoms with Gasteiger partial charge in [-0.25, -0.2) is 4.98 Å². The second-order valence-electron chi connectivity index (χ2n) is 10.4. The Morgan fingerprint density at radius 2 is 1.75 bits per heavy atom. The first-order valence-corrected chi connectivity index (χ1v) is 13.0. The molecule has 1 amide bonds. The molecule has 0 saturated carbocycles. The van der Waals surface area contributed by atoms with Gasteiger partial charge >= 0.3 is 0 Å². The van der Waals surface area contributed by atoms with Gasteiger partial charge in [0.25, 0.3) is 11.4 Å². The van der Waals surface area contributed by atoms with Gasteiger partial charge in [-0.3, -0.25) is 23.9 Å². The second kappa shape index (κ2) is 11.6. The van der Waals surface area contributed by atoms with Crippen LogP contribution in [0, 0.1) is 12.8 Å². The number of nitrogens with zero attached hydrogens (tertiary/aromatic N) is 5. The van der Waals surface area contributed by atoms with Crippen LogP contribution >= 0.6 is 0 Å². The van der Waals surface area contributed by atoms with E-state index in [4.69, 9.17) is 4.42 Å². The van der Waals surface area contributed by atoms with Gasteiger partial charge in [0, 0.05) is 18.8 Å². The number of aryl methyl sites for hydroxylation is 1. The Hall–Kier alpha value is -4.67. The summed E-state index contributed by atoms with van der Waals surface area (Å²) in [5, 5.41) is 13.7. The number of anilines is 1. The smallest absolute Gasteiger partial charge is 0.286 e. The predicted molar refractivity (Wildman–Crippen MR) is 150 cm³/mol. The Balaban J connectivity index is 1.57. The van der Waals surface area contributed by atoms with E-state index >= 15 is 0 Å². The fourth-order valence-corrected chi connectivity index (χ4v) is 4.18. The van der Waals surface area contributed by atoms with Gasteiger partial charge in [-0.15, -0.1) is 10.2 Å². The predicted octanol–water partition coefficient (Wildman–Crippen LogP) is 3.39. The van der Waals surface area contributed by atoms with Crippen molar-refractivity contribution in [2.45, 2.75) is 52.6 Å². The number of hydrogen-bond acceptors (Lipinski definition) is 9. The van der Waals surface area contributed by atoms with Crippen LogP contribution in [0.3, 0.4) is 0 Å². The Morgan fingerprint density at radius 1 is 1.02 bits per heavy atom. The summed E-state index contributed by atoms with van der Waals surface area (Å²) < 4.78 is 7.09. The number of amides is 1. The fraction of sp³-hybridized carbons (Fsp3) is 0.345. The average Bonchev–Trinajstić information content (AvgIpc) is 3.44. The summed E-state index contributed by atoms with van der Waals surface area (Å²) in [6.45, 7) is 8.95. The van der Waals surface area contributed by atoms with Crippen LogP contribution in [0.4, 0.5) is 5.69 Å². The molecule has 4 rings (SSSR count). The molecule has 0 saturated heterocycles. The van der Waals surface area contributed by atoms with Crippen LogP contribution in [0.25, 0.3) is 11.4 Å². The van der Waals surface area contributed by atoms with Crippen LogP contribution < -0.4 is 16.2 Å². The second-order valence-corrected chi connectivity index (χ2v) is 10.4. The fourth-order valence-electron chi connectivity index (χ4n) is 4.18. The van der Waals surface area contributed by atoms with Crippen molar-refractivity contribution in [1.82, 2.24) is 30.0 Å². The molecule has 11 heteroatoms. The van der Waals surface area contributed by atoms with Gasteiger partial charge in [0.2, 0.25) is 17.6 Å². The molecule has 40 heavy (non-hydrogen) atoms. The van der Waals surface area contributed by atoms with E-state index in [1.54, 1.807) is 39.2 Å². The lowest BCUT2D eigenvalue weighted by Crippen LogP contribution is -2.46. The zero-order chi connectivity index (χ0) is 29.0. The maximum absolute atomic E-state index is 13.4. The largest absolute Gasteiger partial charge is 0.417 e. The molecule has 0 aliphatic rings. The normalized spacial score (nSPS) is 12.3. The summed E-state index contributed by atoms with van der Waals surface area (Å²) in [6.07, 6.45) is 3.18. The number of carbonyl (C=O) groups excluding carboxylic acids is 2. The molecule has 1 unspecified atom stereocenters. The lowest BCUT2D eigenvalue weighted by atomic mass is 9.88. The third kappa shape index (κ3) is 5.83. The van der Waals surface area contributed by atoms with Crippen LogP contribution in [-0.2, 0) is 16.8 Å². The summed E-state index contributed by atoms with van der Waals surface area (Å²) in [6, 6.07) is 11.9. The van der Waals surface area contributed by atoms with E-state index < -0.39 is 28.7 Å². The number of benzene rings is 1. The van der Waals surface area contributed by atoms with E-state index in [1.165, 1.54) is 10.8 Å². The molecule has 0 aliphatic carbocycles. The Labute approximate surface area is 232 Å². The van der Waals surface area contributed by atoms with Gasteiger partial charge in [-0.2, -0.15) is 0 Å². The molecule has 208 valence electrons. The molecule has 1 atom stereocenters. The summed E-state index contributed by atoms with van der Waals surface area (Å²) in [5.41, 5.74) is 1.50. The van der Waals surface area contributed by atoms with Crippen molar-refractivity contribution in [3.8, 4) is 11.4 Å².